The SMILES string of the molecule is C[C@@H](O)[C@H]1C(=O)N2C(C(=O)[O-])=C(c3cc(Cl)cc(-n4nc[n+](CC(N)=O)n4)c3)C[C@H]12. The molecule has 2 amide bonds. The van der Waals surface area contributed by atoms with Crippen molar-refractivity contribution < 1.29 is 29.3 Å². The van der Waals surface area contributed by atoms with Crippen molar-refractivity contribution in [2.75, 3.05) is 0 Å². The second kappa shape index (κ2) is 7.18. The van der Waals surface area contributed by atoms with Crippen LogP contribution in [0.2, 0.25) is 5.02 Å². The summed E-state index contributed by atoms with van der Waals surface area (Å²) in [7, 11) is 0. The number of fused-ring (bicyclic) bond motifs is 1. The third-order valence-electron chi connectivity index (χ3n) is 5.20. The molecule has 12 heteroatoms. The number of halogens is 1. The highest BCUT2D eigenvalue weighted by Gasteiger charge is 2.55. The Kier molecular flexibility index (Phi) is 4.79. The topological polar surface area (TPSA) is 158 Å². The molecule has 0 radical (unpaired) electrons. The minimum atomic E-state index is -1.48. The van der Waals surface area contributed by atoms with E-state index in [1.807, 2.05) is 0 Å². The van der Waals surface area contributed by atoms with E-state index >= 15 is 0 Å². The van der Waals surface area contributed by atoms with Crippen LogP contribution in [0.3, 0.4) is 0 Å². The summed E-state index contributed by atoms with van der Waals surface area (Å²) in [5.41, 5.74) is 6.17. The first-order valence-electron chi connectivity index (χ1n) is 9.04. The Morgan fingerprint density at radius 3 is 2.80 bits per heavy atom. The van der Waals surface area contributed by atoms with Crippen LogP contribution in [0.15, 0.2) is 30.2 Å². The zero-order valence-corrected chi connectivity index (χ0v) is 16.5. The van der Waals surface area contributed by atoms with Gasteiger partial charge in [-0.1, -0.05) is 11.6 Å². The molecule has 3 heterocycles. The Morgan fingerprint density at radius 2 is 2.17 bits per heavy atom. The number of primary amides is 1. The number of tetrazole rings is 1. The maximum atomic E-state index is 12.4. The molecule has 3 N–H and O–H groups in total. The number of aliphatic hydroxyl groups is 1. The first-order valence-corrected chi connectivity index (χ1v) is 9.42. The number of hydrogen-bond acceptors (Lipinski definition) is 7. The third-order valence-corrected chi connectivity index (χ3v) is 5.41. The number of rotatable bonds is 6. The zero-order chi connectivity index (χ0) is 21.7. The van der Waals surface area contributed by atoms with Crippen LogP contribution in [0.5, 0.6) is 0 Å². The molecule has 1 aromatic carbocycles. The highest BCUT2D eigenvalue weighted by Crippen LogP contribution is 2.47. The summed E-state index contributed by atoms with van der Waals surface area (Å²) in [6, 6.07) is 4.29. The number of nitrogens with two attached hydrogens (primary N) is 1. The van der Waals surface area contributed by atoms with E-state index in [-0.39, 0.29) is 18.7 Å². The van der Waals surface area contributed by atoms with E-state index in [2.05, 4.69) is 10.3 Å². The number of aromatic nitrogens is 4. The van der Waals surface area contributed by atoms with E-state index in [9.17, 15) is 24.6 Å². The summed E-state index contributed by atoms with van der Waals surface area (Å²) in [6.07, 6.45) is 0.647. The molecule has 2 aromatic rings. The quantitative estimate of drug-likeness (QED) is 0.386. The van der Waals surface area contributed by atoms with Gasteiger partial charge < -0.3 is 25.6 Å². The Bertz CT molecular complexity index is 1110. The van der Waals surface area contributed by atoms with Crippen molar-refractivity contribution in [3.05, 3.63) is 40.8 Å². The lowest BCUT2D eigenvalue weighted by molar-refractivity contribution is -0.743. The minimum Gasteiger partial charge on any atom is -0.543 e. The molecule has 1 fully saturated rings. The van der Waals surface area contributed by atoms with Crippen molar-refractivity contribution >= 4 is 35.0 Å². The van der Waals surface area contributed by atoms with Gasteiger partial charge in [-0.25, -0.2) is 0 Å². The van der Waals surface area contributed by atoms with Crippen LogP contribution in [0.25, 0.3) is 11.3 Å². The molecule has 0 aliphatic carbocycles. The molecule has 0 saturated carbocycles. The van der Waals surface area contributed by atoms with Crippen LogP contribution in [-0.4, -0.2) is 55.0 Å². The van der Waals surface area contributed by atoms with Crippen molar-refractivity contribution in [1.29, 1.82) is 0 Å². The van der Waals surface area contributed by atoms with E-state index in [4.69, 9.17) is 17.3 Å². The average molecular weight is 433 g/mol. The van der Waals surface area contributed by atoms with E-state index in [0.717, 1.165) is 4.90 Å². The first kappa shape index (κ1) is 20.0. The summed E-state index contributed by atoms with van der Waals surface area (Å²) >= 11 is 6.24. The molecule has 2 aliphatic heterocycles. The number of β-lactam (4-membered cyclic amide) rings is 1. The normalized spacial score (nSPS) is 21.4. The zero-order valence-electron chi connectivity index (χ0n) is 15.7. The van der Waals surface area contributed by atoms with E-state index in [1.54, 1.807) is 18.2 Å². The van der Waals surface area contributed by atoms with E-state index < -0.39 is 35.8 Å². The highest BCUT2D eigenvalue weighted by atomic mass is 35.5. The fourth-order valence-electron chi connectivity index (χ4n) is 3.99. The fraction of sp³-hybridized carbons (Fsp3) is 0.333. The molecule has 30 heavy (non-hydrogen) atoms. The molecule has 0 unspecified atom stereocenters. The van der Waals surface area contributed by atoms with Gasteiger partial charge in [-0.2, -0.15) is 0 Å². The third kappa shape index (κ3) is 3.21. The number of benzene rings is 1. The number of amides is 2. The van der Waals surface area contributed by atoms with E-state index in [1.165, 1.54) is 22.7 Å². The summed E-state index contributed by atoms with van der Waals surface area (Å²) in [6.45, 7) is 1.34. The number of hydrogen-bond donors (Lipinski definition) is 2. The van der Waals surface area contributed by atoms with Gasteiger partial charge in [0.25, 0.3) is 12.2 Å². The first-order chi connectivity index (χ1) is 14.2. The number of aliphatic hydroxyl groups excluding tert-OH is 1. The predicted molar refractivity (Wildman–Crippen MR) is 98.1 cm³/mol. The standard InChI is InChI=1S/C18H17ClN6O5/c1-8(26)15-13-5-12(16(18(29)30)24(13)17(15)28)9-2-10(19)4-11(3-9)25-21-7-23(22-25)6-14(20)27/h2-4,7-8,13,15,26H,5-6H2,1H3,(H2-,20,27,29,30)/t8-,13-,15-/m1/s1. The van der Waals surface area contributed by atoms with Gasteiger partial charge in [-0.05, 0) is 36.6 Å². The van der Waals surface area contributed by atoms with Crippen molar-refractivity contribution in [2.24, 2.45) is 11.7 Å². The van der Waals surface area contributed by atoms with Crippen LogP contribution >= 0.6 is 11.6 Å². The molecule has 2 aliphatic rings. The van der Waals surface area contributed by atoms with Crippen LogP contribution in [0, 0.1) is 5.92 Å². The van der Waals surface area contributed by atoms with Gasteiger partial charge in [0.2, 0.25) is 5.91 Å². The lowest BCUT2D eigenvalue weighted by Crippen LogP contribution is -2.62. The second-order valence-corrected chi connectivity index (χ2v) is 7.67. The summed E-state index contributed by atoms with van der Waals surface area (Å²) in [5, 5.41) is 30.1. The van der Waals surface area contributed by atoms with Crippen molar-refractivity contribution in [3.8, 4) is 5.69 Å². The number of aliphatic carboxylic acids is 1. The predicted octanol–water partition coefficient (Wildman–Crippen LogP) is -2.23. The second-order valence-electron chi connectivity index (χ2n) is 7.23. The molecule has 4 rings (SSSR count). The van der Waals surface area contributed by atoms with Crippen LogP contribution < -0.4 is 15.5 Å². The Hall–Kier alpha value is -3.31. The van der Waals surface area contributed by atoms with Crippen molar-refractivity contribution in [2.45, 2.75) is 32.0 Å². The average Bonchev–Trinajstić information content (AvgIpc) is 3.23. The van der Waals surface area contributed by atoms with Gasteiger partial charge in [-0.3, -0.25) is 9.59 Å². The molecular formula is C18H17ClN6O5. The van der Waals surface area contributed by atoms with Gasteiger partial charge in [0, 0.05) is 15.9 Å². The van der Waals surface area contributed by atoms with Gasteiger partial charge >= 0.3 is 0 Å². The summed E-state index contributed by atoms with van der Waals surface area (Å²) in [5.74, 6) is -3.19. The van der Waals surface area contributed by atoms with Crippen LogP contribution in [-0.2, 0) is 20.9 Å². The van der Waals surface area contributed by atoms with Crippen LogP contribution in [0.4, 0.5) is 0 Å². The number of nitrogens with zero attached hydrogens (tertiary/aromatic N) is 5. The number of carbonyl (C=O) groups excluding carboxylic acids is 3. The number of carboxylic acid groups (broad SMARTS) is 1. The molecule has 0 bridgehead atoms. The maximum Gasteiger partial charge on any atom is 0.287 e. The van der Waals surface area contributed by atoms with E-state index in [0.29, 0.717) is 21.8 Å². The smallest absolute Gasteiger partial charge is 0.287 e. The molecule has 3 atom stereocenters. The molecular weight excluding hydrogens is 416 g/mol. The Labute approximate surface area is 174 Å². The molecule has 1 aromatic heterocycles. The molecule has 0 spiro atoms. The number of carboxylic acids is 1. The van der Waals surface area contributed by atoms with Gasteiger partial charge in [0.15, 0.2) is 12.2 Å². The van der Waals surface area contributed by atoms with Gasteiger partial charge in [0.05, 0.1) is 40.0 Å². The van der Waals surface area contributed by atoms with Crippen LogP contribution in [0.1, 0.15) is 18.9 Å². The fourth-order valence-corrected chi connectivity index (χ4v) is 4.22. The molecule has 1 saturated heterocycles. The molecule has 11 nitrogen and oxygen atoms in total. The maximum absolute atomic E-state index is 12.4. The van der Waals surface area contributed by atoms with Crippen molar-refractivity contribution in [3.63, 3.8) is 0 Å². The highest BCUT2D eigenvalue weighted by molar-refractivity contribution is 6.31. The minimum absolute atomic E-state index is 0.160. The summed E-state index contributed by atoms with van der Waals surface area (Å²) in [4.78, 5) is 37.6. The Balaban J connectivity index is 1.74. The summed E-state index contributed by atoms with van der Waals surface area (Å²) < 4.78 is 1.24. The Morgan fingerprint density at radius 1 is 1.43 bits per heavy atom. The number of carbonyl (C=O) groups is 3. The monoisotopic (exact) mass is 432 g/mol. The lowest BCUT2D eigenvalue weighted by atomic mass is 9.82. The van der Waals surface area contributed by atoms with Gasteiger partial charge in [-0.15, -0.1) is 4.68 Å². The van der Waals surface area contributed by atoms with Crippen molar-refractivity contribution in [1.82, 2.24) is 20.0 Å². The van der Waals surface area contributed by atoms with Gasteiger partial charge in [0.1, 0.15) is 0 Å². The largest absolute Gasteiger partial charge is 0.543 e. The molecule has 156 valence electrons. The lowest BCUT2D eigenvalue weighted by Gasteiger charge is -2.45.